The maximum Gasteiger partial charge on any atom is 0.258 e. The number of nitrogens with zero attached hydrogens (tertiary/aromatic N) is 8. The summed E-state index contributed by atoms with van der Waals surface area (Å²) in [6.07, 6.45) is 7.46. The predicted octanol–water partition coefficient (Wildman–Crippen LogP) is 0.768. The van der Waals surface area contributed by atoms with E-state index in [1.165, 1.54) is 11.0 Å². The lowest BCUT2D eigenvalue weighted by molar-refractivity contribution is 0.765. The third-order valence-corrected chi connectivity index (χ3v) is 2.81. The van der Waals surface area contributed by atoms with E-state index in [0.717, 1.165) is 18.8 Å². The predicted molar refractivity (Wildman–Crippen MR) is 75.4 cm³/mol. The third-order valence-electron chi connectivity index (χ3n) is 2.81. The summed E-state index contributed by atoms with van der Waals surface area (Å²) in [6.45, 7) is 4.74. The van der Waals surface area contributed by atoms with E-state index < -0.39 is 0 Å². The van der Waals surface area contributed by atoms with Crippen LogP contribution in [0.3, 0.4) is 0 Å². The summed E-state index contributed by atoms with van der Waals surface area (Å²) in [7, 11) is 0. The van der Waals surface area contributed by atoms with Crippen LogP contribution in [0.4, 0.5) is 5.95 Å². The van der Waals surface area contributed by atoms with Gasteiger partial charge >= 0.3 is 0 Å². The van der Waals surface area contributed by atoms with E-state index >= 15 is 0 Å². The Bertz CT molecular complexity index is 716. The molecule has 0 atom stereocenters. The molecule has 3 heterocycles. The summed E-state index contributed by atoms with van der Waals surface area (Å²) in [5, 5.41) is 7.21. The van der Waals surface area contributed by atoms with Crippen LogP contribution in [0, 0.1) is 6.92 Å². The van der Waals surface area contributed by atoms with Crippen molar-refractivity contribution in [1.29, 1.82) is 0 Å². The van der Waals surface area contributed by atoms with Crippen molar-refractivity contribution in [2.24, 2.45) is 0 Å². The lowest BCUT2D eigenvalue weighted by Crippen LogP contribution is -2.13. The molecule has 3 rings (SSSR count). The molecule has 0 spiro atoms. The largest absolute Gasteiger partial charge is 0.354 e. The molecule has 0 aliphatic carbocycles. The minimum Gasteiger partial charge on any atom is -0.354 e. The van der Waals surface area contributed by atoms with Gasteiger partial charge in [-0.05, 0) is 13.3 Å². The first kappa shape index (κ1) is 13.2. The first-order valence-corrected chi connectivity index (χ1v) is 6.63. The molecule has 0 unspecified atom stereocenters. The van der Waals surface area contributed by atoms with Crippen LogP contribution in [0.25, 0.3) is 11.9 Å². The van der Waals surface area contributed by atoms with Gasteiger partial charge in [-0.3, -0.25) is 4.57 Å². The number of hydrogen-bond acceptors (Lipinski definition) is 7. The normalized spacial score (nSPS) is 10.8. The van der Waals surface area contributed by atoms with Crippen LogP contribution in [0.15, 0.2) is 25.0 Å². The third kappa shape index (κ3) is 2.71. The second-order valence-corrected chi connectivity index (χ2v) is 4.37. The van der Waals surface area contributed by atoms with Crippen molar-refractivity contribution < 1.29 is 0 Å². The Kier molecular flexibility index (Phi) is 3.54. The van der Waals surface area contributed by atoms with Crippen LogP contribution in [-0.2, 0) is 0 Å². The number of aryl methyl sites for hydroxylation is 1. The van der Waals surface area contributed by atoms with Gasteiger partial charge in [-0.15, -0.1) is 0 Å². The van der Waals surface area contributed by atoms with Gasteiger partial charge in [-0.1, -0.05) is 6.92 Å². The summed E-state index contributed by atoms with van der Waals surface area (Å²) in [5.41, 5.74) is 0. The van der Waals surface area contributed by atoms with Gasteiger partial charge < -0.3 is 5.32 Å². The maximum atomic E-state index is 4.41. The van der Waals surface area contributed by atoms with Crippen molar-refractivity contribution in [1.82, 2.24) is 39.3 Å². The molecule has 0 saturated carbocycles. The van der Waals surface area contributed by atoms with E-state index in [0.29, 0.717) is 17.8 Å². The smallest absolute Gasteiger partial charge is 0.258 e. The van der Waals surface area contributed by atoms with Crippen LogP contribution in [0.2, 0.25) is 0 Å². The van der Waals surface area contributed by atoms with Gasteiger partial charge in [-0.2, -0.15) is 24.7 Å². The molecule has 9 nitrogen and oxygen atoms in total. The fraction of sp³-hybridized carbons (Fsp3) is 0.333. The molecule has 0 aliphatic heterocycles. The Hall–Kier alpha value is -2.84. The van der Waals surface area contributed by atoms with E-state index in [4.69, 9.17) is 0 Å². The highest BCUT2D eigenvalue weighted by atomic mass is 15.4. The Morgan fingerprint density at radius 2 is 2.05 bits per heavy atom. The highest BCUT2D eigenvalue weighted by Crippen LogP contribution is 2.10. The number of hydrogen-bond donors (Lipinski definition) is 1. The molecule has 3 aromatic heterocycles. The number of aromatic nitrogens is 8. The minimum absolute atomic E-state index is 0.407. The first-order valence-electron chi connectivity index (χ1n) is 6.63. The van der Waals surface area contributed by atoms with E-state index in [1.54, 1.807) is 23.3 Å². The van der Waals surface area contributed by atoms with Crippen molar-refractivity contribution in [3.63, 3.8) is 0 Å². The number of imidazole rings is 1. The van der Waals surface area contributed by atoms with Gasteiger partial charge in [0.1, 0.15) is 18.5 Å². The Morgan fingerprint density at radius 1 is 1.19 bits per heavy atom. The molecule has 0 amide bonds. The van der Waals surface area contributed by atoms with Crippen molar-refractivity contribution in [3.05, 3.63) is 30.9 Å². The minimum atomic E-state index is 0.407. The number of rotatable bonds is 5. The molecule has 1 N–H and O–H groups in total. The van der Waals surface area contributed by atoms with Gasteiger partial charge in [-0.25, -0.2) is 9.97 Å². The van der Waals surface area contributed by atoms with Crippen molar-refractivity contribution in [2.75, 3.05) is 11.9 Å². The topological polar surface area (TPSA) is 99.2 Å². The molecule has 0 fully saturated rings. The van der Waals surface area contributed by atoms with Gasteiger partial charge in [0.25, 0.3) is 5.95 Å². The summed E-state index contributed by atoms with van der Waals surface area (Å²) in [4.78, 5) is 21.3. The lowest BCUT2D eigenvalue weighted by Gasteiger charge is -2.09. The van der Waals surface area contributed by atoms with Crippen LogP contribution >= 0.6 is 0 Å². The summed E-state index contributed by atoms with van der Waals surface area (Å²) < 4.78 is 3.29. The summed E-state index contributed by atoms with van der Waals surface area (Å²) in [5.74, 6) is 2.20. The van der Waals surface area contributed by atoms with Crippen LogP contribution in [-0.4, -0.2) is 45.8 Å². The van der Waals surface area contributed by atoms with Gasteiger partial charge in [0.15, 0.2) is 0 Å². The molecule has 0 saturated heterocycles. The molecule has 0 aromatic carbocycles. The van der Waals surface area contributed by atoms with Gasteiger partial charge in [0.2, 0.25) is 11.9 Å². The van der Waals surface area contributed by atoms with E-state index in [9.17, 15) is 0 Å². The standard InChI is InChI=1S/C12H15N9/c1-3-4-15-10-17-11(20-6-5-14-9(20)2)19-12(18-10)21-8-13-7-16-21/h5-8H,3-4H2,1-2H3,(H,15,17,18,19). The number of anilines is 1. The zero-order valence-corrected chi connectivity index (χ0v) is 11.8. The van der Waals surface area contributed by atoms with Crippen LogP contribution < -0.4 is 5.32 Å². The Morgan fingerprint density at radius 3 is 2.71 bits per heavy atom. The van der Waals surface area contributed by atoms with E-state index in [1.807, 2.05) is 6.92 Å². The quantitative estimate of drug-likeness (QED) is 0.739. The average molecular weight is 285 g/mol. The molecular formula is C12H15N9. The summed E-state index contributed by atoms with van der Waals surface area (Å²) >= 11 is 0. The van der Waals surface area contributed by atoms with Gasteiger partial charge in [0, 0.05) is 18.9 Å². The monoisotopic (exact) mass is 285 g/mol. The van der Waals surface area contributed by atoms with Gasteiger partial charge in [0.05, 0.1) is 0 Å². The van der Waals surface area contributed by atoms with E-state index in [2.05, 4.69) is 42.3 Å². The highest BCUT2D eigenvalue weighted by molar-refractivity contribution is 5.33. The molecule has 108 valence electrons. The molecular weight excluding hydrogens is 270 g/mol. The molecule has 0 radical (unpaired) electrons. The lowest BCUT2D eigenvalue weighted by atomic mass is 10.5. The molecule has 9 heteroatoms. The average Bonchev–Trinajstić information content (AvgIpc) is 3.16. The van der Waals surface area contributed by atoms with E-state index in [-0.39, 0.29) is 0 Å². The SMILES string of the molecule is CCCNc1nc(-n2cncn2)nc(-n2ccnc2C)n1. The molecule has 0 bridgehead atoms. The zero-order valence-electron chi connectivity index (χ0n) is 11.8. The fourth-order valence-electron chi connectivity index (χ4n) is 1.78. The fourth-order valence-corrected chi connectivity index (χ4v) is 1.78. The second kappa shape index (κ2) is 5.65. The van der Waals surface area contributed by atoms with Crippen molar-refractivity contribution in [3.8, 4) is 11.9 Å². The maximum absolute atomic E-state index is 4.41. The Labute approximate surface area is 121 Å². The molecule has 21 heavy (non-hydrogen) atoms. The first-order chi connectivity index (χ1) is 10.3. The van der Waals surface area contributed by atoms with Crippen LogP contribution in [0.5, 0.6) is 0 Å². The van der Waals surface area contributed by atoms with Crippen molar-refractivity contribution in [2.45, 2.75) is 20.3 Å². The zero-order chi connectivity index (χ0) is 14.7. The van der Waals surface area contributed by atoms with Crippen molar-refractivity contribution >= 4 is 5.95 Å². The number of nitrogens with one attached hydrogen (secondary N) is 1. The molecule has 0 aliphatic rings. The second-order valence-electron chi connectivity index (χ2n) is 4.37. The summed E-state index contributed by atoms with van der Waals surface area (Å²) in [6, 6.07) is 0. The Balaban J connectivity index is 2.07. The highest BCUT2D eigenvalue weighted by Gasteiger charge is 2.11. The van der Waals surface area contributed by atoms with Crippen LogP contribution in [0.1, 0.15) is 19.2 Å². The molecule has 3 aromatic rings.